The summed E-state index contributed by atoms with van der Waals surface area (Å²) in [4.78, 5) is 0. The Balaban J connectivity index is 2.33. The molecule has 0 aliphatic carbocycles. The number of anilines is 1. The molecule has 2 rings (SSSR count). The fourth-order valence-corrected chi connectivity index (χ4v) is 1.75. The monoisotopic (exact) mass is 302 g/mol. The molecule has 0 saturated heterocycles. The lowest BCUT2D eigenvalue weighted by atomic mass is 10.2. The van der Waals surface area contributed by atoms with E-state index in [-0.39, 0.29) is 0 Å². The first-order valence-electron chi connectivity index (χ1n) is 5.34. The zero-order valence-electron chi connectivity index (χ0n) is 9.77. The lowest BCUT2D eigenvalue weighted by Crippen LogP contribution is -1.93. The van der Waals surface area contributed by atoms with Crippen molar-refractivity contribution in [3.8, 4) is 17.6 Å². The average Bonchev–Trinajstić information content (AvgIpc) is 2.36. The third-order valence-electron chi connectivity index (χ3n) is 2.50. The topological polar surface area (TPSA) is 59.0 Å². The minimum absolute atomic E-state index is 0.496. The number of benzene rings is 2. The summed E-state index contributed by atoms with van der Waals surface area (Å²) in [6.07, 6.45) is 0. The molecule has 0 saturated carbocycles. The van der Waals surface area contributed by atoms with Crippen molar-refractivity contribution in [2.45, 2.75) is 6.92 Å². The molecule has 0 heterocycles. The van der Waals surface area contributed by atoms with Crippen molar-refractivity contribution >= 4 is 21.6 Å². The zero-order chi connectivity index (χ0) is 13.1. The molecule has 0 fully saturated rings. The Morgan fingerprint density at radius 1 is 1.22 bits per heavy atom. The molecule has 3 nitrogen and oxygen atoms in total. The Morgan fingerprint density at radius 2 is 2.00 bits per heavy atom. The van der Waals surface area contributed by atoms with Crippen LogP contribution < -0.4 is 10.5 Å². The van der Waals surface area contributed by atoms with Crippen LogP contribution in [-0.2, 0) is 0 Å². The predicted molar refractivity (Wildman–Crippen MR) is 74.5 cm³/mol. The van der Waals surface area contributed by atoms with Gasteiger partial charge in [-0.2, -0.15) is 5.26 Å². The van der Waals surface area contributed by atoms with Crippen molar-refractivity contribution in [2.24, 2.45) is 0 Å². The molecule has 90 valence electrons. The molecule has 0 aliphatic rings. The van der Waals surface area contributed by atoms with E-state index >= 15 is 0 Å². The van der Waals surface area contributed by atoms with Gasteiger partial charge in [0, 0.05) is 10.5 Å². The van der Waals surface area contributed by atoms with Crippen LogP contribution in [0.2, 0.25) is 0 Å². The standard InChI is InChI=1S/C14H11BrN2O/c1-9-6-11(3-4-12(9)15)18-14-7-10(8-16)2-5-13(14)17/h2-7H,17H2,1H3. The van der Waals surface area contributed by atoms with Crippen LogP contribution in [0.25, 0.3) is 0 Å². The highest BCUT2D eigenvalue weighted by Gasteiger charge is 2.05. The molecule has 2 N–H and O–H groups in total. The molecular formula is C14H11BrN2O. The highest BCUT2D eigenvalue weighted by molar-refractivity contribution is 9.10. The molecule has 0 amide bonds. The van der Waals surface area contributed by atoms with Crippen molar-refractivity contribution < 1.29 is 4.74 Å². The largest absolute Gasteiger partial charge is 0.455 e. The molecule has 18 heavy (non-hydrogen) atoms. The van der Waals surface area contributed by atoms with Gasteiger partial charge in [0.25, 0.3) is 0 Å². The van der Waals surface area contributed by atoms with Gasteiger partial charge in [0.2, 0.25) is 0 Å². The first kappa shape index (κ1) is 12.5. The van der Waals surface area contributed by atoms with Crippen molar-refractivity contribution in [3.05, 3.63) is 52.0 Å². The third-order valence-corrected chi connectivity index (χ3v) is 3.39. The number of nitrogens with zero attached hydrogens (tertiary/aromatic N) is 1. The molecule has 2 aromatic carbocycles. The number of aryl methyl sites for hydroxylation is 1. The summed E-state index contributed by atoms with van der Waals surface area (Å²) in [5.41, 5.74) is 7.92. The maximum atomic E-state index is 8.85. The minimum Gasteiger partial charge on any atom is -0.455 e. The summed E-state index contributed by atoms with van der Waals surface area (Å²) in [7, 11) is 0. The van der Waals surface area contributed by atoms with Crippen LogP contribution >= 0.6 is 15.9 Å². The van der Waals surface area contributed by atoms with Gasteiger partial charge in [0.15, 0.2) is 5.75 Å². The van der Waals surface area contributed by atoms with E-state index in [4.69, 9.17) is 15.7 Å². The van der Waals surface area contributed by atoms with Crippen molar-refractivity contribution in [1.82, 2.24) is 0 Å². The maximum Gasteiger partial charge on any atom is 0.151 e. The lowest BCUT2D eigenvalue weighted by Gasteiger charge is -2.09. The minimum atomic E-state index is 0.496. The molecule has 0 radical (unpaired) electrons. The van der Waals surface area contributed by atoms with E-state index in [9.17, 15) is 0 Å². The molecule has 0 spiro atoms. The number of halogens is 1. The SMILES string of the molecule is Cc1cc(Oc2cc(C#N)ccc2N)ccc1Br. The van der Waals surface area contributed by atoms with Gasteiger partial charge < -0.3 is 10.5 Å². The number of nitrogens with two attached hydrogens (primary N) is 1. The summed E-state index contributed by atoms with van der Waals surface area (Å²) in [5, 5.41) is 8.85. The summed E-state index contributed by atoms with van der Waals surface area (Å²) in [5.74, 6) is 1.19. The summed E-state index contributed by atoms with van der Waals surface area (Å²) >= 11 is 3.43. The van der Waals surface area contributed by atoms with Gasteiger partial charge in [-0.25, -0.2) is 0 Å². The van der Waals surface area contributed by atoms with E-state index in [1.807, 2.05) is 25.1 Å². The molecule has 2 aromatic rings. The Morgan fingerprint density at radius 3 is 2.67 bits per heavy atom. The molecule has 0 atom stereocenters. The first-order chi connectivity index (χ1) is 8.60. The Labute approximate surface area is 114 Å². The number of hydrogen-bond acceptors (Lipinski definition) is 3. The van der Waals surface area contributed by atoms with Gasteiger partial charge in [0.1, 0.15) is 5.75 Å². The van der Waals surface area contributed by atoms with Crippen LogP contribution in [0.3, 0.4) is 0 Å². The van der Waals surface area contributed by atoms with Gasteiger partial charge in [0.05, 0.1) is 17.3 Å². The smallest absolute Gasteiger partial charge is 0.151 e. The van der Waals surface area contributed by atoms with E-state index in [1.165, 1.54) is 0 Å². The predicted octanol–water partition coefficient (Wildman–Crippen LogP) is 4.00. The van der Waals surface area contributed by atoms with Crippen LogP contribution in [0.5, 0.6) is 11.5 Å². The highest BCUT2D eigenvalue weighted by atomic mass is 79.9. The average molecular weight is 303 g/mol. The van der Waals surface area contributed by atoms with Gasteiger partial charge >= 0.3 is 0 Å². The first-order valence-corrected chi connectivity index (χ1v) is 6.13. The molecule has 0 bridgehead atoms. The second-order valence-electron chi connectivity index (χ2n) is 3.88. The molecule has 0 aliphatic heterocycles. The Kier molecular flexibility index (Phi) is 3.54. The second-order valence-corrected chi connectivity index (χ2v) is 4.73. The zero-order valence-corrected chi connectivity index (χ0v) is 11.4. The number of nitrogen functional groups attached to an aromatic ring is 1. The molecule has 0 unspecified atom stereocenters. The van der Waals surface area contributed by atoms with Crippen LogP contribution in [0.15, 0.2) is 40.9 Å². The molecule has 4 heteroatoms. The van der Waals surface area contributed by atoms with E-state index < -0.39 is 0 Å². The van der Waals surface area contributed by atoms with E-state index in [0.717, 1.165) is 10.0 Å². The van der Waals surface area contributed by atoms with Gasteiger partial charge in [-0.1, -0.05) is 15.9 Å². The van der Waals surface area contributed by atoms with Crippen molar-refractivity contribution in [1.29, 1.82) is 5.26 Å². The highest BCUT2D eigenvalue weighted by Crippen LogP contribution is 2.30. The van der Waals surface area contributed by atoms with Crippen LogP contribution in [-0.4, -0.2) is 0 Å². The van der Waals surface area contributed by atoms with Gasteiger partial charge in [-0.05, 0) is 42.8 Å². The fourth-order valence-electron chi connectivity index (χ4n) is 1.50. The van der Waals surface area contributed by atoms with E-state index in [1.54, 1.807) is 18.2 Å². The number of hydrogen-bond donors (Lipinski definition) is 1. The number of rotatable bonds is 2. The van der Waals surface area contributed by atoms with Crippen LogP contribution in [0.1, 0.15) is 11.1 Å². The summed E-state index contributed by atoms with van der Waals surface area (Å²) < 4.78 is 6.71. The second kappa shape index (κ2) is 5.11. The third kappa shape index (κ3) is 2.63. The Bertz CT molecular complexity index is 632. The molecular weight excluding hydrogens is 292 g/mol. The van der Waals surface area contributed by atoms with Crippen molar-refractivity contribution in [3.63, 3.8) is 0 Å². The van der Waals surface area contributed by atoms with E-state index in [2.05, 4.69) is 22.0 Å². The number of nitriles is 1. The quantitative estimate of drug-likeness (QED) is 0.853. The molecule has 0 aromatic heterocycles. The van der Waals surface area contributed by atoms with Crippen LogP contribution in [0, 0.1) is 18.3 Å². The van der Waals surface area contributed by atoms with Gasteiger partial charge in [-0.3, -0.25) is 0 Å². The normalized spacial score (nSPS) is 9.83. The van der Waals surface area contributed by atoms with Crippen molar-refractivity contribution in [2.75, 3.05) is 5.73 Å². The lowest BCUT2D eigenvalue weighted by molar-refractivity contribution is 0.484. The maximum absolute atomic E-state index is 8.85. The summed E-state index contributed by atoms with van der Waals surface area (Å²) in [6, 6.07) is 12.7. The fraction of sp³-hybridized carbons (Fsp3) is 0.0714. The van der Waals surface area contributed by atoms with E-state index in [0.29, 0.717) is 22.7 Å². The van der Waals surface area contributed by atoms with Crippen LogP contribution in [0.4, 0.5) is 5.69 Å². The number of ether oxygens (including phenoxy) is 1. The Hall–Kier alpha value is -1.99. The van der Waals surface area contributed by atoms with Gasteiger partial charge in [-0.15, -0.1) is 0 Å². The summed E-state index contributed by atoms with van der Waals surface area (Å²) in [6.45, 7) is 1.98.